The largest absolute Gasteiger partial charge is 0.472 e. The molecular weight excluding hydrogens is 273 g/mol. The average Bonchev–Trinajstić information content (AvgIpc) is 2.90. The minimum absolute atomic E-state index is 0.0637. The maximum absolute atomic E-state index is 13.2. The molecule has 19 heavy (non-hydrogen) atoms. The Morgan fingerprint density at radius 1 is 1.32 bits per heavy atom. The molecule has 0 fully saturated rings. The van der Waals surface area contributed by atoms with Crippen LogP contribution in [0.15, 0.2) is 46.1 Å². The molecule has 0 spiro atoms. The van der Waals surface area contributed by atoms with Crippen LogP contribution >= 0.6 is 0 Å². The molecular formula is C12H12FNO4S. The van der Waals surface area contributed by atoms with Gasteiger partial charge < -0.3 is 9.52 Å². The van der Waals surface area contributed by atoms with Crippen molar-refractivity contribution in [3.05, 3.63) is 53.7 Å². The fourth-order valence-corrected chi connectivity index (χ4v) is 2.56. The van der Waals surface area contributed by atoms with Gasteiger partial charge >= 0.3 is 0 Å². The van der Waals surface area contributed by atoms with E-state index in [4.69, 9.17) is 9.52 Å². The van der Waals surface area contributed by atoms with Crippen LogP contribution in [0.5, 0.6) is 0 Å². The Balaban J connectivity index is 2.19. The van der Waals surface area contributed by atoms with E-state index in [9.17, 15) is 12.8 Å². The van der Waals surface area contributed by atoms with Crippen molar-refractivity contribution in [2.45, 2.75) is 18.0 Å². The van der Waals surface area contributed by atoms with E-state index in [1.54, 1.807) is 6.07 Å². The molecule has 0 aliphatic heterocycles. The highest BCUT2D eigenvalue weighted by molar-refractivity contribution is 7.89. The van der Waals surface area contributed by atoms with Crippen molar-refractivity contribution in [3.63, 3.8) is 0 Å². The summed E-state index contributed by atoms with van der Waals surface area (Å²) in [6, 6.07) is 4.89. The average molecular weight is 285 g/mol. The summed E-state index contributed by atoms with van der Waals surface area (Å²) in [5, 5.41) is 8.92. The van der Waals surface area contributed by atoms with E-state index in [1.165, 1.54) is 12.5 Å². The molecule has 0 saturated heterocycles. The highest BCUT2D eigenvalue weighted by atomic mass is 32.2. The van der Waals surface area contributed by atoms with Gasteiger partial charge in [0.25, 0.3) is 0 Å². The number of furan rings is 1. The van der Waals surface area contributed by atoms with E-state index in [0.29, 0.717) is 5.56 Å². The van der Waals surface area contributed by atoms with Gasteiger partial charge in [0.1, 0.15) is 5.82 Å². The molecule has 0 unspecified atom stereocenters. The molecule has 1 heterocycles. The van der Waals surface area contributed by atoms with E-state index in [2.05, 4.69) is 4.72 Å². The summed E-state index contributed by atoms with van der Waals surface area (Å²) >= 11 is 0. The highest BCUT2D eigenvalue weighted by Gasteiger charge is 2.16. The van der Waals surface area contributed by atoms with Crippen molar-refractivity contribution in [2.75, 3.05) is 0 Å². The molecule has 0 atom stereocenters. The monoisotopic (exact) mass is 285 g/mol. The smallest absolute Gasteiger partial charge is 0.240 e. The standard InChI is InChI=1S/C12H12FNO4S/c13-12-2-1-11(5-10(12)7-15)19(16,17)14-6-9-3-4-18-8-9/h1-5,8,14-15H,6-7H2. The number of aliphatic hydroxyl groups excluding tert-OH is 1. The molecule has 0 saturated carbocycles. The van der Waals surface area contributed by atoms with E-state index >= 15 is 0 Å². The molecule has 0 aliphatic carbocycles. The molecule has 0 aliphatic rings. The first-order valence-corrected chi connectivity index (χ1v) is 6.91. The maximum Gasteiger partial charge on any atom is 0.240 e. The van der Waals surface area contributed by atoms with Crippen LogP contribution in [0.2, 0.25) is 0 Å². The molecule has 7 heteroatoms. The Hall–Kier alpha value is -1.70. The number of nitrogens with one attached hydrogen (secondary N) is 1. The zero-order chi connectivity index (χ0) is 13.9. The molecule has 0 amide bonds. The first-order valence-electron chi connectivity index (χ1n) is 5.43. The van der Waals surface area contributed by atoms with Crippen LogP contribution in [0.1, 0.15) is 11.1 Å². The van der Waals surface area contributed by atoms with Crippen LogP contribution in [0.25, 0.3) is 0 Å². The van der Waals surface area contributed by atoms with Crippen LogP contribution in [0.3, 0.4) is 0 Å². The van der Waals surface area contributed by atoms with E-state index in [-0.39, 0.29) is 17.0 Å². The zero-order valence-corrected chi connectivity index (χ0v) is 10.7. The number of hydrogen-bond acceptors (Lipinski definition) is 4. The van der Waals surface area contributed by atoms with Gasteiger partial charge in [-0.25, -0.2) is 17.5 Å². The van der Waals surface area contributed by atoms with E-state index in [1.807, 2.05) is 0 Å². The molecule has 2 N–H and O–H groups in total. The molecule has 1 aromatic carbocycles. The molecule has 0 bridgehead atoms. The molecule has 5 nitrogen and oxygen atoms in total. The number of hydrogen-bond donors (Lipinski definition) is 2. The first kappa shape index (κ1) is 13.7. The minimum Gasteiger partial charge on any atom is -0.472 e. The Morgan fingerprint density at radius 3 is 2.74 bits per heavy atom. The van der Waals surface area contributed by atoms with Crippen molar-refractivity contribution < 1.29 is 22.3 Å². The Morgan fingerprint density at radius 2 is 2.11 bits per heavy atom. The van der Waals surface area contributed by atoms with Crippen LogP contribution in [-0.2, 0) is 23.2 Å². The Labute approximate surface area is 109 Å². The molecule has 1 aromatic heterocycles. The van der Waals surface area contributed by atoms with Gasteiger partial charge in [-0.05, 0) is 24.3 Å². The van der Waals surface area contributed by atoms with Crippen LogP contribution in [-0.4, -0.2) is 13.5 Å². The number of halogens is 1. The number of sulfonamides is 1. The van der Waals surface area contributed by atoms with Crippen molar-refractivity contribution in [2.24, 2.45) is 0 Å². The van der Waals surface area contributed by atoms with Crippen molar-refractivity contribution in [3.8, 4) is 0 Å². The van der Waals surface area contributed by atoms with Crippen molar-refractivity contribution in [1.29, 1.82) is 0 Å². The van der Waals surface area contributed by atoms with Gasteiger partial charge in [-0.2, -0.15) is 0 Å². The second-order valence-corrected chi connectivity index (χ2v) is 5.63. The number of benzene rings is 1. The predicted molar refractivity (Wildman–Crippen MR) is 65.1 cm³/mol. The third-order valence-electron chi connectivity index (χ3n) is 2.54. The molecule has 102 valence electrons. The summed E-state index contributed by atoms with van der Waals surface area (Å²) in [6.45, 7) is -0.485. The summed E-state index contributed by atoms with van der Waals surface area (Å²) in [6.07, 6.45) is 2.86. The molecule has 2 aromatic rings. The maximum atomic E-state index is 13.2. The van der Waals surface area contributed by atoms with Gasteiger partial charge in [-0.1, -0.05) is 0 Å². The number of aliphatic hydroxyl groups is 1. The third-order valence-corrected chi connectivity index (χ3v) is 3.94. The quantitative estimate of drug-likeness (QED) is 0.870. The summed E-state index contributed by atoms with van der Waals surface area (Å²) in [5.74, 6) is -0.642. The Kier molecular flexibility index (Phi) is 3.98. The van der Waals surface area contributed by atoms with Crippen LogP contribution in [0, 0.1) is 5.82 Å². The molecule has 0 radical (unpaired) electrons. The van der Waals surface area contributed by atoms with E-state index < -0.39 is 22.4 Å². The lowest BCUT2D eigenvalue weighted by Gasteiger charge is -2.07. The van der Waals surface area contributed by atoms with Gasteiger partial charge in [-0.3, -0.25) is 0 Å². The highest BCUT2D eigenvalue weighted by Crippen LogP contribution is 2.15. The lowest BCUT2D eigenvalue weighted by Crippen LogP contribution is -2.23. The summed E-state index contributed by atoms with van der Waals surface area (Å²) in [4.78, 5) is -0.0959. The topological polar surface area (TPSA) is 79.5 Å². The second kappa shape index (κ2) is 5.52. The minimum atomic E-state index is -3.76. The number of rotatable bonds is 5. The predicted octanol–water partition coefficient (Wildman–Crippen LogP) is 1.39. The lowest BCUT2D eigenvalue weighted by atomic mass is 10.2. The third kappa shape index (κ3) is 3.19. The zero-order valence-electron chi connectivity index (χ0n) is 9.84. The van der Waals surface area contributed by atoms with Gasteiger partial charge in [-0.15, -0.1) is 0 Å². The van der Waals surface area contributed by atoms with Gasteiger partial charge in [0.05, 0.1) is 24.0 Å². The normalized spacial score (nSPS) is 11.7. The van der Waals surface area contributed by atoms with Gasteiger partial charge in [0, 0.05) is 17.7 Å². The lowest BCUT2D eigenvalue weighted by molar-refractivity contribution is 0.275. The van der Waals surface area contributed by atoms with Crippen LogP contribution in [0.4, 0.5) is 4.39 Å². The fourth-order valence-electron chi connectivity index (χ4n) is 1.49. The fraction of sp³-hybridized carbons (Fsp3) is 0.167. The Bertz CT molecular complexity index is 652. The second-order valence-electron chi connectivity index (χ2n) is 3.87. The van der Waals surface area contributed by atoms with Crippen molar-refractivity contribution in [1.82, 2.24) is 4.72 Å². The SMILES string of the molecule is O=S(=O)(NCc1ccoc1)c1ccc(F)c(CO)c1. The van der Waals surface area contributed by atoms with Gasteiger partial charge in [0.15, 0.2) is 0 Å². The van der Waals surface area contributed by atoms with Gasteiger partial charge in [0.2, 0.25) is 10.0 Å². The van der Waals surface area contributed by atoms with Crippen molar-refractivity contribution >= 4 is 10.0 Å². The first-order chi connectivity index (χ1) is 9.03. The molecule has 2 rings (SSSR count). The van der Waals surface area contributed by atoms with Crippen LogP contribution < -0.4 is 4.72 Å². The van der Waals surface area contributed by atoms with E-state index in [0.717, 1.165) is 18.2 Å². The summed E-state index contributed by atoms with van der Waals surface area (Å²) in [5.41, 5.74) is 0.610. The summed E-state index contributed by atoms with van der Waals surface area (Å²) < 4.78 is 44.3. The summed E-state index contributed by atoms with van der Waals surface area (Å²) in [7, 11) is -3.76.